The van der Waals surface area contributed by atoms with Crippen molar-refractivity contribution in [3.8, 4) is 11.1 Å². The number of aryl methyl sites for hydroxylation is 1. The number of hydrogen-bond acceptors (Lipinski definition) is 4. The minimum atomic E-state index is -3.58. The molecular weight excluding hydrogens is 436 g/mol. The number of aromatic carboxylic acids is 1. The number of sulfonamides is 1. The Morgan fingerprint density at radius 2 is 1.70 bits per heavy atom. The first-order valence-corrected chi connectivity index (χ1v) is 11.8. The van der Waals surface area contributed by atoms with Gasteiger partial charge in [-0.3, -0.25) is 0 Å². The van der Waals surface area contributed by atoms with Crippen molar-refractivity contribution in [2.75, 3.05) is 12.4 Å². The van der Waals surface area contributed by atoms with Gasteiger partial charge in [0.05, 0.1) is 10.5 Å². The largest absolute Gasteiger partial charge is 0.478 e. The van der Waals surface area contributed by atoms with E-state index in [1.54, 1.807) is 42.5 Å². The van der Waals surface area contributed by atoms with E-state index in [1.165, 1.54) is 7.05 Å². The second-order valence-electron chi connectivity index (χ2n) is 7.36. The Bertz CT molecular complexity index is 1320. The standard InChI is InChI=1S/C26H26N2O4S/c1-4-22(15-11-19-9-12-20(13-10-19)26(29)30)28-24-16-14-21(17-18(24)2)23-7-5-6-8-25(23)33(31,32)27-3/h4-17,27-28H,1-3H3,(H,29,30)/b15-11+,22-4-. The quantitative estimate of drug-likeness (QED) is 0.395. The molecule has 0 unspecified atom stereocenters. The lowest BCUT2D eigenvalue weighted by molar-refractivity contribution is 0.0697. The normalized spacial score (nSPS) is 12.2. The Kier molecular flexibility index (Phi) is 7.48. The Morgan fingerprint density at radius 1 is 1.00 bits per heavy atom. The third kappa shape index (κ3) is 5.77. The van der Waals surface area contributed by atoms with Gasteiger partial charge in [-0.05, 0) is 74.0 Å². The van der Waals surface area contributed by atoms with Crippen LogP contribution in [0, 0.1) is 6.92 Å². The number of rotatable bonds is 8. The summed E-state index contributed by atoms with van der Waals surface area (Å²) in [6.07, 6.45) is 5.75. The van der Waals surface area contributed by atoms with Crippen LogP contribution in [-0.4, -0.2) is 26.5 Å². The highest BCUT2D eigenvalue weighted by Gasteiger charge is 2.17. The van der Waals surface area contributed by atoms with Gasteiger partial charge in [0, 0.05) is 16.9 Å². The topological polar surface area (TPSA) is 95.5 Å². The molecule has 0 atom stereocenters. The van der Waals surface area contributed by atoms with E-state index in [1.807, 2.05) is 56.3 Å². The van der Waals surface area contributed by atoms with Gasteiger partial charge >= 0.3 is 5.97 Å². The number of hydrogen-bond donors (Lipinski definition) is 3. The van der Waals surface area contributed by atoms with E-state index in [0.29, 0.717) is 5.56 Å². The second kappa shape index (κ2) is 10.3. The molecule has 0 aliphatic rings. The zero-order valence-electron chi connectivity index (χ0n) is 18.7. The van der Waals surface area contributed by atoms with Crippen LogP contribution >= 0.6 is 0 Å². The van der Waals surface area contributed by atoms with Crippen molar-refractivity contribution in [1.82, 2.24) is 4.72 Å². The van der Waals surface area contributed by atoms with Crippen molar-refractivity contribution in [2.24, 2.45) is 0 Å². The van der Waals surface area contributed by atoms with Crippen LogP contribution in [0.3, 0.4) is 0 Å². The SMILES string of the molecule is C/C=C(/C=C/c1ccc(C(=O)O)cc1)Nc1ccc(-c2ccccc2S(=O)(=O)NC)cc1C. The molecule has 7 heteroatoms. The van der Waals surface area contributed by atoms with E-state index in [0.717, 1.165) is 28.1 Å². The van der Waals surface area contributed by atoms with Crippen LogP contribution in [0.15, 0.2) is 89.5 Å². The molecule has 0 amide bonds. The van der Waals surface area contributed by atoms with Crippen LogP contribution in [0.1, 0.15) is 28.4 Å². The van der Waals surface area contributed by atoms with Crippen LogP contribution in [-0.2, 0) is 10.0 Å². The van der Waals surface area contributed by atoms with E-state index >= 15 is 0 Å². The maximum absolute atomic E-state index is 12.4. The highest BCUT2D eigenvalue weighted by Crippen LogP contribution is 2.30. The predicted octanol–water partition coefficient (Wildman–Crippen LogP) is 5.30. The minimum Gasteiger partial charge on any atom is -0.478 e. The Morgan fingerprint density at radius 3 is 2.30 bits per heavy atom. The molecule has 0 heterocycles. The van der Waals surface area contributed by atoms with Gasteiger partial charge in [-0.25, -0.2) is 17.9 Å². The molecule has 0 saturated heterocycles. The summed E-state index contributed by atoms with van der Waals surface area (Å²) in [5.74, 6) is -0.952. The summed E-state index contributed by atoms with van der Waals surface area (Å²) in [4.78, 5) is 11.2. The molecule has 0 fully saturated rings. The number of carboxylic acids is 1. The highest BCUT2D eigenvalue weighted by atomic mass is 32.2. The molecule has 6 nitrogen and oxygen atoms in total. The fourth-order valence-electron chi connectivity index (χ4n) is 3.31. The maximum atomic E-state index is 12.4. The lowest BCUT2D eigenvalue weighted by Gasteiger charge is -2.14. The summed E-state index contributed by atoms with van der Waals surface area (Å²) >= 11 is 0. The maximum Gasteiger partial charge on any atom is 0.335 e. The minimum absolute atomic E-state index is 0.235. The monoisotopic (exact) mass is 462 g/mol. The first kappa shape index (κ1) is 24.0. The molecule has 170 valence electrons. The zero-order chi connectivity index (χ0) is 24.0. The van der Waals surface area contributed by atoms with Crippen molar-refractivity contribution >= 4 is 27.8 Å². The molecule has 3 N–H and O–H groups in total. The third-order valence-corrected chi connectivity index (χ3v) is 6.66. The van der Waals surface area contributed by atoms with Crippen molar-refractivity contribution in [1.29, 1.82) is 0 Å². The molecule has 0 aliphatic carbocycles. The molecule has 0 saturated carbocycles. The summed E-state index contributed by atoms with van der Waals surface area (Å²) in [6, 6.07) is 19.3. The lowest BCUT2D eigenvalue weighted by atomic mass is 10.0. The first-order chi connectivity index (χ1) is 15.7. The molecule has 0 radical (unpaired) electrons. The summed E-state index contributed by atoms with van der Waals surface area (Å²) in [5.41, 5.74) is 5.30. The average molecular weight is 463 g/mol. The lowest BCUT2D eigenvalue weighted by Crippen LogP contribution is -2.19. The van der Waals surface area contributed by atoms with Gasteiger partial charge in [0.1, 0.15) is 0 Å². The molecular formula is C26H26N2O4S. The van der Waals surface area contributed by atoms with Crippen molar-refractivity contribution in [3.05, 3.63) is 101 Å². The molecule has 0 aromatic heterocycles. The van der Waals surface area contributed by atoms with Crippen LogP contribution in [0.2, 0.25) is 0 Å². The third-order valence-electron chi connectivity index (χ3n) is 5.19. The van der Waals surface area contributed by atoms with Gasteiger partial charge in [-0.2, -0.15) is 0 Å². The fourth-order valence-corrected chi connectivity index (χ4v) is 4.26. The van der Waals surface area contributed by atoms with Gasteiger partial charge in [-0.1, -0.05) is 48.6 Å². The Balaban J connectivity index is 1.82. The van der Waals surface area contributed by atoms with E-state index in [2.05, 4.69) is 10.0 Å². The van der Waals surface area contributed by atoms with Crippen LogP contribution in [0.5, 0.6) is 0 Å². The summed E-state index contributed by atoms with van der Waals surface area (Å²) in [7, 11) is -2.18. The molecule has 0 aliphatic heterocycles. The average Bonchev–Trinajstić information content (AvgIpc) is 2.82. The van der Waals surface area contributed by atoms with Crippen LogP contribution in [0.4, 0.5) is 5.69 Å². The number of nitrogens with one attached hydrogen (secondary N) is 2. The molecule has 3 aromatic rings. The van der Waals surface area contributed by atoms with E-state index in [9.17, 15) is 13.2 Å². The van der Waals surface area contributed by atoms with E-state index in [-0.39, 0.29) is 10.5 Å². The fraction of sp³-hybridized carbons (Fsp3) is 0.115. The Hall–Kier alpha value is -3.68. The van der Waals surface area contributed by atoms with Gasteiger partial charge in [0.2, 0.25) is 10.0 Å². The second-order valence-corrected chi connectivity index (χ2v) is 9.22. The van der Waals surface area contributed by atoms with Crippen molar-refractivity contribution in [2.45, 2.75) is 18.7 Å². The smallest absolute Gasteiger partial charge is 0.335 e. The van der Waals surface area contributed by atoms with Crippen LogP contribution < -0.4 is 10.0 Å². The number of benzene rings is 3. The predicted molar refractivity (Wildman–Crippen MR) is 133 cm³/mol. The number of carbonyl (C=O) groups is 1. The van der Waals surface area contributed by atoms with Crippen molar-refractivity contribution in [3.63, 3.8) is 0 Å². The van der Waals surface area contributed by atoms with E-state index < -0.39 is 16.0 Å². The van der Waals surface area contributed by atoms with Gasteiger partial charge in [0.25, 0.3) is 0 Å². The molecule has 0 spiro atoms. The number of allylic oxidation sites excluding steroid dienone is 2. The summed E-state index contributed by atoms with van der Waals surface area (Å²) in [5, 5.41) is 12.4. The molecule has 3 rings (SSSR count). The molecule has 3 aromatic carbocycles. The van der Waals surface area contributed by atoms with Crippen LogP contribution in [0.25, 0.3) is 17.2 Å². The summed E-state index contributed by atoms with van der Waals surface area (Å²) in [6.45, 7) is 3.88. The molecule has 0 bridgehead atoms. The Labute approximate surface area is 194 Å². The highest BCUT2D eigenvalue weighted by molar-refractivity contribution is 7.89. The number of anilines is 1. The number of carboxylic acid groups (broad SMARTS) is 1. The van der Waals surface area contributed by atoms with E-state index in [4.69, 9.17) is 5.11 Å². The van der Waals surface area contributed by atoms with Gasteiger partial charge in [-0.15, -0.1) is 0 Å². The zero-order valence-corrected chi connectivity index (χ0v) is 19.5. The summed E-state index contributed by atoms with van der Waals surface area (Å²) < 4.78 is 27.2. The van der Waals surface area contributed by atoms with Gasteiger partial charge in [0.15, 0.2) is 0 Å². The van der Waals surface area contributed by atoms with Gasteiger partial charge < -0.3 is 10.4 Å². The molecule has 33 heavy (non-hydrogen) atoms. The first-order valence-electron chi connectivity index (χ1n) is 10.3. The van der Waals surface area contributed by atoms with Crippen molar-refractivity contribution < 1.29 is 18.3 Å².